The van der Waals surface area contributed by atoms with Gasteiger partial charge in [0.15, 0.2) is 0 Å². The lowest BCUT2D eigenvalue weighted by Gasteiger charge is -2.08. The highest BCUT2D eigenvalue weighted by molar-refractivity contribution is 5.36. The molecular weight excluding hydrogens is 232 g/mol. The Hall–Kier alpha value is -2.30. The molecular formula is C13H14N2O3. The molecule has 1 aromatic carbocycles. The number of aryl methyl sites for hydroxylation is 2. The number of nitrogens with one attached hydrogen (secondary N) is 2. The van der Waals surface area contributed by atoms with Gasteiger partial charge in [0.1, 0.15) is 5.75 Å². The van der Waals surface area contributed by atoms with Crippen LogP contribution in [0.3, 0.4) is 0 Å². The molecule has 0 bridgehead atoms. The monoisotopic (exact) mass is 246 g/mol. The maximum absolute atomic E-state index is 11.4. The van der Waals surface area contributed by atoms with Gasteiger partial charge in [0.25, 0.3) is 5.56 Å². The Morgan fingerprint density at radius 3 is 2.17 bits per heavy atom. The summed E-state index contributed by atoms with van der Waals surface area (Å²) in [5.41, 5.74) is 1.42. The van der Waals surface area contributed by atoms with E-state index in [0.717, 1.165) is 11.1 Å². The van der Waals surface area contributed by atoms with Crippen molar-refractivity contribution in [2.24, 2.45) is 0 Å². The van der Waals surface area contributed by atoms with Gasteiger partial charge >= 0.3 is 5.69 Å². The predicted molar refractivity (Wildman–Crippen MR) is 68.4 cm³/mol. The maximum Gasteiger partial charge on any atom is 0.328 e. The Morgan fingerprint density at radius 2 is 1.56 bits per heavy atom. The van der Waals surface area contributed by atoms with Crippen LogP contribution < -0.4 is 16.0 Å². The molecule has 0 unspecified atom stereocenters. The third-order valence-corrected chi connectivity index (χ3v) is 2.55. The van der Waals surface area contributed by atoms with Crippen LogP contribution in [0.5, 0.6) is 11.6 Å². The molecule has 2 rings (SSSR count). The second-order valence-electron chi connectivity index (χ2n) is 4.29. The summed E-state index contributed by atoms with van der Waals surface area (Å²) in [6.07, 6.45) is 0. The van der Waals surface area contributed by atoms with E-state index in [-0.39, 0.29) is 5.88 Å². The van der Waals surface area contributed by atoms with Crippen LogP contribution >= 0.6 is 0 Å². The van der Waals surface area contributed by atoms with Crippen LogP contribution in [0.4, 0.5) is 0 Å². The lowest BCUT2D eigenvalue weighted by atomic mass is 10.1. The molecule has 5 nitrogen and oxygen atoms in total. The van der Waals surface area contributed by atoms with Gasteiger partial charge in [-0.05, 0) is 44.0 Å². The first-order valence-electron chi connectivity index (χ1n) is 5.55. The summed E-state index contributed by atoms with van der Waals surface area (Å²) in [4.78, 5) is 27.2. The molecule has 2 aromatic rings. The van der Waals surface area contributed by atoms with E-state index in [1.54, 1.807) is 6.92 Å². The van der Waals surface area contributed by atoms with Crippen LogP contribution in [-0.2, 0) is 0 Å². The summed E-state index contributed by atoms with van der Waals surface area (Å²) >= 11 is 0. The van der Waals surface area contributed by atoms with Crippen molar-refractivity contribution in [3.63, 3.8) is 0 Å². The van der Waals surface area contributed by atoms with E-state index >= 15 is 0 Å². The van der Waals surface area contributed by atoms with E-state index in [0.29, 0.717) is 11.3 Å². The zero-order chi connectivity index (χ0) is 13.3. The Kier molecular flexibility index (Phi) is 3.06. The van der Waals surface area contributed by atoms with Crippen molar-refractivity contribution in [3.05, 3.63) is 55.7 Å². The minimum Gasteiger partial charge on any atom is -0.440 e. The lowest BCUT2D eigenvalue weighted by molar-refractivity contribution is 0.453. The second kappa shape index (κ2) is 4.52. The zero-order valence-electron chi connectivity index (χ0n) is 10.5. The Morgan fingerprint density at radius 1 is 0.944 bits per heavy atom. The van der Waals surface area contributed by atoms with Crippen LogP contribution in [0.25, 0.3) is 0 Å². The summed E-state index contributed by atoms with van der Waals surface area (Å²) in [7, 11) is 0. The summed E-state index contributed by atoms with van der Waals surface area (Å²) in [5.74, 6) is 0.769. The van der Waals surface area contributed by atoms with Gasteiger partial charge in [-0.3, -0.25) is 14.8 Å². The van der Waals surface area contributed by atoms with Gasteiger partial charge in [0.2, 0.25) is 5.88 Å². The average Bonchev–Trinajstić information content (AvgIpc) is 2.23. The van der Waals surface area contributed by atoms with Gasteiger partial charge in [-0.15, -0.1) is 0 Å². The van der Waals surface area contributed by atoms with Crippen LogP contribution in [0.2, 0.25) is 0 Å². The summed E-state index contributed by atoms with van der Waals surface area (Å²) in [6.45, 7) is 5.49. The van der Waals surface area contributed by atoms with E-state index in [9.17, 15) is 9.59 Å². The molecule has 1 aromatic heterocycles. The number of H-pyrrole nitrogens is 2. The largest absolute Gasteiger partial charge is 0.440 e. The van der Waals surface area contributed by atoms with Crippen molar-refractivity contribution < 1.29 is 4.74 Å². The molecule has 18 heavy (non-hydrogen) atoms. The van der Waals surface area contributed by atoms with Gasteiger partial charge in [-0.25, -0.2) is 4.79 Å². The van der Waals surface area contributed by atoms with Crippen LogP contribution in [0, 0.1) is 20.8 Å². The van der Waals surface area contributed by atoms with Crippen LogP contribution in [0.1, 0.15) is 16.7 Å². The molecule has 0 saturated carbocycles. The zero-order valence-corrected chi connectivity index (χ0v) is 10.5. The van der Waals surface area contributed by atoms with E-state index in [1.807, 2.05) is 32.0 Å². The SMILES string of the molecule is Cc1cc(C)cc(Oc2[nH]c(=O)[nH]c(=O)c2C)c1. The number of aromatic nitrogens is 2. The number of hydrogen-bond acceptors (Lipinski definition) is 3. The highest BCUT2D eigenvalue weighted by Crippen LogP contribution is 2.22. The van der Waals surface area contributed by atoms with Crippen molar-refractivity contribution >= 4 is 0 Å². The maximum atomic E-state index is 11.4. The van der Waals surface area contributed by atoms with Crippen molar-refractivity contribution in [2.75, 3.05) is 0 Å². The Bertz CT molecular complexity index is 678. The van der Waals surface area contributed by atoms with Crippen LogP contribution in [-0.4, -0.2) is 9.97 Å². The molecule has 5 heteroatoms. The highest BCUT2D eigenvalue weighted by Gasteiger charge is 2.07. The summed E-state index contributed by atoms with van der Waals surface area (Å²) in [5, 5.41) is 0. The lowest BCUT2D eigenvalue weighted by Crippen LogP contribution is -2.24. The molecule has 0 amide bonds. The normalized spacial score (nSPS) is 10.4. The van der Waals surface area contributed by atoms with Crippen molar-refractivity contribution in [2.45, 2.75) is 20.8 Å². The van der Waals surface area contributed by atoms with Gasteiger partial charge in [-0.2, -0.15) is 0 Å². The first-order valence-corrected chi connectivity index (χ1v) is 5.55. The molecule has 0 aliphatic rings. The van der Waals surface area contributed by atoms with Crippen molar-refractivity contribution in [1.29, 1.82) is 0 Å². The van der Waals surface area contributed by atoms with E-state index in [2.05, 4.69) is 9.97 Å². The fourth-order valence-electron chi connectivity index (χ4n) is 1.74. The Balaban J connectivity index is 2.46. The average molecular weight is 246 g/mol. The van der Waals surface area contributed by atoms with Crippen molar-refractivity contribution in [3.8, 4) is 11.6 Å². The standard InChI is InChI=1S/C13H14N2O3/c1-7-4-8(2)6-10(5-7)18-12-9(3)11(16)14-13(17)15-12/h4-6H,1-3H3,(H2,14,15,16,17). The van der Waals surface area contributed by atoms with E-state index < -0.39 is 11.2 Å². The van der Waals surface area contributed by atoms with E-state index in [4.69, 9.17) is 4.74 Å². The molecule has 0 aliphatic heterocycles. The predicted octanol–water partition coefficient (Wildman–Crippen LogP) is 1.78. The van der Waals surface area contributed by atoms with Gasteiger partial charge in [0.05, 0.1) is 5.56 Å². The van der Waals surface area contributed by atoms with Crippen molar-refractivity contribution in [1.82, 2.24) is 9.97 Å². The highest BCUT2D eigenvalue weighted by atomic mass is 16.5. The fraction of sp³-hybridized carbons (Fsp3) is 0.231. The second-order valence-corrected chi connectivity index (χ2v) is 4.29. The molecule has 1 heterocycles. The minimum absolute atomic E-state index is 0.175. The quantitative estimate of drug-likeness (QED) is 0.848. The third kappa shape index (κ3) is 2.51. The molecule has 0 saturated heterocycles. The molecule has 2 N–H and O–H groups in total. The smallest absolute Gasteiger partial charge is 0.328 e. The van der Waals surface area contributed by atoms with Gasteiger partial charge in [-0.1, -0.05) is 6.07 Å². The summed E-state index contributed by atoms with van der Waals surface area (Å²) < 4.78 is 5.56. The molecule has 0 spiro atoms. The molecule has 0 aliphatic carbocycles. The molecule has 0 fully saturated rings. The van der Waals surface area contributed by atoms with Crippen LogP contribution in [0.15, 0.2) is 27.8 Å². The Labute approximate surface area is 103 Å². The molecule has 0 radical (unpaired) electrons. The topological polar surface area (TPSA) is 75.0 Å². The van der Waals surface area contributed by atoms with Gasteiger partial charge < -0.3 is 4.74 Å². The number of hydrogen-bond donors (Lipinski definition) is 2. The number of rotatable bonds is 2. The van der Waals surface area contributed by atoms with Gasteiger partial charge in [0, 0.05) is 0 Å². The molecule has 0 atom stereocenters. The minimum atomic E-state index is -0.579. The fourth-order valence-corrected chi connectivity index (χ4v) is 1.74. The summed E-state index contributed by atoms with van der Waals surface area (Å²) in [6, 6.07) is 5.69. The number of aromatic amines is 2. The first-order chi connectivity index (χ1) is 8.45. The molecule has 94 valence electrons. The third-order valence-electron chi connectivity index (χ3n) is 2.55. The van der Waals surface area contributed by atoms with E-state index in [1.165, 1.54) is 0 Å². The number of benzene rings is 1. The number of ether oxygens (including phenoxy) is 1. The first kappa shape index (κ1) is 12.2.